The number of methoxy groups -OCH3 is 1. The number of ether oxygens (including phenoxy) is 3. The lowest BCUT2D eigenvalue weighted by Crippen LogP contribution is -2.22. The number of carbonyl (C=O) groups excluding carboxylic acids is 1. The van der Waals surface area contributed by atoms with Gasteiger partial charge in [0.15, 0.2) is 11.5 Å². The number of hydrogen-bond acceptors (Lipinski definition) is 4. The van der Waals surface area contributed by atoms with Crippen molar-refractivity contribution >= 4 is 12.0 Å². The van der Waals surface area contributed by atoms with Crippen molar-refractivity contribution in [1.82, 2.24) is 5.32 Å². The molecule has 0 fully saturated rings. The smallest absolute Gasteiger partial charge is 0.243 e. The Morgan fingerprint density at radius 1 is 1.19 bits per heavy atom. The highest BCUT2D eigenvalue weighted by atomic mass is 16.6. The van der Waals surface area contributed by atoms with Gasteiger partial charge in [-0.05, 0) is 42.2 Å². The van der Waals surface area contributed by atoms with E-state index in [4.69, 9.17) is 14.2 Å². The van der Waals surface area contributed by atoms with Gasteiger partial charge in [-0.25, -0.2) is 0 Å². The molecule has 0 aliphatic carbocycles. The lowest BCUT2D eigenvalue weighted by molar-refractivity contribution is -0.116. The topological polar surface area (TPSA) is 56.8 Å². The molecule has 0 saturated carbocycles. The Kier molecular flexibility index (Phi) is 6.14. The van der Waals surface area contributed by atoms with E-state index in [1.807, 2.05) is 30.3 Å². The minimum Gasteiger partial charge on any atom is -0.493 e. The number of benzene rings is 2. The van der Waals surface area contributed by atoms with Gasteiger partial charge in [0, 0.05) is 12.6 Å². The molecule has 1 N–H and O–H groups in total. The summed E-state index contributed by atoms with van der Waals surface area (Å²) in [6, 6.07) is 13.9. The van der Waals surface area contributed by atoms with Crippen molar-refractivity contribution in [3.05, 3.63) is 59.7 Å². The number of aryl methyl sites for hydroxylation is 1. The first-order chi connectivity index (χ1) is 12.8. The molecule has 1 amide bonds. The number of amides is 1. The van der Waals surface area contributed by atoms with E-state index in [2.05, 4.69) is 17.4 Å². The Hall–Kier alpha value is -2.95. The number of rotatable bonds is 7. The molecular weight excluding hydrogens is 330 g/mol. The Labute approximate surface area is 153 Å². The Bertz CT molecular complexity index is 754. The fraction of sp³-hybridized carbons (Fsp3) is 0.286. The second-order valence-electron chi connectivity index (χ2n) is 5.96. The second kappa shape index (κ2) is 8.94. The highest BCUT2D eigenvalue weighted by Crippen LogP contribution is 2.40. The van der Waals surface area contributed by atoms with Gasteiger partial charge in [0.05, 0.1) is 7.11 Å². The molecule has 136 valence electrons. The minimum absolute atomic E-state index is 0.119. The zero-order valence-electron chi connectivity index (χ0n) is 14.9. The van der Waals surface area contributed by atoms with E-state index in [-0.39, 0.29) is 5.91 Å². The Morgan fingerprint density at radius 2 is 2.00 bits per heavy atom. The van der Waals surface area contributed by atoms with Crippen LogP contribution < -0.4 is 19.5 Å². The van der Waals surface area contributed by atoms with Gasteiger partial charge in [-0.3, -0.25) is 4.79 Å². The molecule has 0 aromatic heterocycles. The van der Waals surface area contributed by atoms with Crippen LogP contribution in [0, 0.1) is 0 Å². The number of nitrogens with one attached hydrogen (secondary N) is 1. The second-order valence-corrected chi connectivity index (χ2v) is 5.96. The van der Waals surface area contributed by atoms with Crippen molar-refractivity contribution in [2.75, 3.05) is 26.9 Å². The number of hydrogen-bond donors (Lipinski definition) is 1. The molecule has 1 aliphatic rings. The summed E-state index contributed by atoms with van der Waals surface area (Å²) in [5, 5.41) is 2.90. The first-order valence-electron chi connectivity index (χ1n) is 8.74. The van der Waals surface area contributed by atoms with Gasteiger partial charge >= 0.3 is 0 Å². The largest absolute Gasteiger partial charge is 0.493 e. The standard InChI is InChI=1S/C21H23NO4/c1-24-18-14-17(15-19-21(18)26-13-12-25-19)9-10-20(23)22-11-5-8-16-6-3-2-4-7-16/h2-4,6-7,9-10,14-15H,5,8,11-13H2,1H3,(H,22,23)/b10-9+. The lowest BCUT2D eigenvalue weighted by atomic mass is 10.1. The third-order valence-corrected chi connectivity index (χ3v) is 4.06. The minimum atomic E-state index is -0.119. The molecule has 5 nitrogen and oxygen atoms in total. The van der Waals surface area contributed by atoms with E-state index in [0.29, 0.717) is 37.0 Å². The van der Waals surface area contributed by atoms with Crippen LogP contribution in [0.2, 0.25) is 0 Å². The molecule has 0 radical (unpaired) electrons. The summed E-state index contributed by atoms with van der Waals surface area (Å²) in [6.07, 6.45) is 5.12. The zero-order chi connectivity index (χ0) is 18.2. The Morgan fingerprint density at radius 3 is 2.81 bits per heavy atom. The average Bonchev–Trinajstić information content (AvgIpc) is 2.69. The first-order valence-corrected chi connectivity index (χ1v) is 8.74. The SMILES string of the molecule is COc1cc(/C=C/C(=O)NCCCc2ccccc2)cc2c1OCCO2. The van der Waals surface area contributed by atoms with Crippen LogP contribution >= 0.6 is 0 Å². The molecule has 2 aromatic rings. The highest BCUT2D eigenvalue weighted by molar-refractivity contribution is 5.91. The third-order valence-electron chi connectivity index (χ3n) is 4.06. The lowest BCUT2D eigenvalue weighted by Gasteiger charge is -2.20. The summed E-state index contributed by atoms with van der Waals surface area (Å²) in [5.41, 5.74) is 2.10. The molecule has 0 unspecified atom stereocenters. The zero-order valence-corrected chi connectivity index (χ0v) is 14.9. The fourth-order valence-electron chi connectivity index (χ4n) is 2.77. The van der Waals surface area contributed by atoms with E-state index < -0.39 is 0 Å². The summed E-state index contributed by atoms with van der Waals surface area (Å²) in [7, 11) is 1.58. The monoisotopic (exact) mass is 353 g/mol. The maximum atomic E-state index is 12.0. The molecule has 3 rings (SSSR count). The van der Waals surface area contributed by atoms with Crippen LogP contribution in [0.15, 0.2) is 48.5 Å². The van der Waals surface area contributed by atoms with Gasteiger partial charge in [0.2, 0.25) is 11.7 Å². The molecule has 0 atom stereocenters. The van der Waals surface area contributed by atoms with E-state index in [0.717, 1.165) is 18.4 Å². The number of fused-ring (bicyclic) bond motifs is 1. The maximum absolute atomic E-state index is 12.0. The molecule has 26 heavy (non-hydrogen) atoms. The quantitative estimate of drug-likeness (QED) is 0.613. The predicted molar refractivity (Wildman–Crippen MR) is 101 cm³/mol. The van der Waals surface area contributed by atoms with Gasteiger partial charge in [-0.1, -0.05) is 30.3 Å². The van der Waals surface area contributed by atoms with Gasteiger partial charge in [-0.2, -0.15) is 0 Å². The average molecular weight is 353 g/mol. The van der Waals surface area contributed by atoms with E-state index >= 15 is 0 Å². The molecule has 1 heterocycles. The van der Waals surface area contributed by atoms with Crippen molar-refractivity contribution in [2.45, 2.75) is 12.8 Å². The normalized spacial score (nSPS) is 12.8. The summed E-state index contributed by atoms with van der Waals surface area (Å²) >= 11 is 0. The van der Waals surface area contributed by atoms with Crippen molar-refractivity contribution < 1.29 is 19.0 Å². The van der Waals surface area contributed by atoms with Crippen LogP contribution in [-0.4, -0.2) is 32.8 Å². The van der Waals surface area contributed by atoms with Crippen LogP contribution in [0.25, 0.3) is 6.08 Å². The molecule has 2 aromatic carbocycles. The summed E-state index contributed by atoms with van der Waals surface area (Å²) in [5.74, 6) is 1.73. The third kappa shape index (κ3) is 4.79. The van der Waals surface area contributed by atoms with Crippen molar-refractivity contribution in [3.8, 4) is 17.2 Å². The van der Waals surface area contributed by atoms with Crippen LogP contribution in [0.3, 0.4) is 0 Å². The van der Waals surface area contributed by atoms with E-state index in [1.165, 1.54) is 11.6 Å². The molecule has 5 heteroatoms. The van der Waals surface area contributed by atoms with Gasteiger partial charge in [0.1, 0.15) is 13.2 Å². The molecule has 0 saturated heterocycles. The summed E-state index contributed by atoms with van der Waals surface area (Å²) < 4.78 is 16.5. The van der Waals surface area contributed by atoms with Gasteiger partial charge < -0.3 is 19.5 Å². The van der Waals surface area contributed by atoms with Crippen LogP contribution in [0.1, 0.15) is 17.5 Å². The van der Waals surface area contributed by atoms with E-state index in [1.54, 1.807) is 13.2 Å². The Balaban J connectivity index is 1.51. The molecule has 0 spiro atoms. The predicted octanol–water partition coefficient (Wildman–Crippen LogP) is 3.23. The highest BCUT2D eigenvalue weighted by Gasteiger charge is 2.17. The molecular formula is C21H23NO4. The molecule has 0 bridgehead atoms. The van der Waals surface area contributed by atoms with Crippen LogP contribution in [0.4, 0.5) is 0 Å². The van der Waals surface area contributed by atoms with Crippen LogP contribution in [-0.2, 0) is 11.2 Å². The first kappa shape index (κ1) is 17.9. The van der Waals surface area contributed by atoms with Crippen LogP contribution in [0.5, 0.6) is 17.2 Å². The number of carbonyl (C=O) groups is 1. The van der Waals surface area contributed by atoms with Gasteiger partial charge in [0.25, 0.3) is 0 Å². The van der Waals surface area contributed by atoms with Gasteiger partial charge in [-0.15, -0.1) is 0 Å². The maximum Gasteiger partial charge on any atom is 0.243 e. The van der Waals surface area contributed by atoms with Crippen molar-refractivity contribution in [1.29, 1.82) is 0 Å². The molecule has 1 aliphatic heterocycles. The fourth-order valence-corrected chi connectivity index (χ4v) is 2.77. The summed E-state index contributed by atoms with van der Waals surface area (Å²) in [6.45, 7) is 1.65. The van der Waals surface area contributed by atoms with E-state index in [9.17, 15) is 4.79 Å². The van der Waals surface area contributed by atoms with Crippen molar-refractivity contribution in [3.63, 3.8) is 0 Å². The van der Waals surface area contributed by atoms with Crippen molar-refractivity contribution in [2.24, 2.45) is 0 Å². The summed E-state index contributed by atoms with van der Waals surface area (Å²) in [4.78, 5) is 12.0.